The van der Waals surface area contributed by atoms with Gasteiger partial charge in [-0.2, -0.15) is 0 Å². The van der Waals surface area contributed by atoms with Crippen LogP contribution in [0.15, 0.2) is 35.2 Å². The Kier molecular flexibility index (Phi) is 2.58. The summed E-state index contributed by atoms with van der Waals surface area (Å²) in [6.45, 7) is 3.40. The number of rotatable bonds is 4. The molecule has 15 heavy (non-hydrogen) atoms. The molecule has 1 aromatic heterocycles. The highest BCUT2D eigenvalue weighted by Gasteiger charge is 2.40. The van der Waals surface area contributed by atoms with Gasteiger partial charge in [0.1, 0.15) is 5.76 Å². The molecule has 3 nitrogen and oxygen atoms in total. The van der Waals surface area contributed by atoms with E-state index in [4.69, 9.17) is 4.42 Å². The summed E-state index contributed by atoms with van der Waals surface area (Å²) in [7, 11) is 0. The van der Waals surface area contributed by atoms with E-state index in [0.717, 1.165) is 12.2 Å². The third-order valence-corrected chi connectivity index (χ3v) is 2.60. The van der Waals surface area contributed by atoms with Gasteiger partial charge in [0.2, 0.25) is 0 Å². The van der Waals surface area contributed by atoms with Crippen molar-refractivity contribution < 1.29 is 13.6 Å². The number of carbonyl (C=O) groups excluding carboxylic acids is 1. The first kappa shape index (κ1) is 9.96. The average Bonchev–Trinajstić information content (AvgIpc) is 2.76. The molecule has 0 saturated heterocycles. The lowest BCUT2D eigenvalue weighted by Gasteiger charge is -2.01. The van der Waals surface area contributed by atoms with E-state index in [2.05, 4.69) is 11.9 Å². The van der Waals surface area contributed by atoms with E-state index in [9.17, 15) is 9.18 Å². The smallest absolute Gasteiger partial charge is 0.279 e. The lowest BCUT2D eigenvalue weighted by molar-refractivity contribution is -0.118. The second-order valence-electron chi connectivity index (χ2n) is 3.73. The molecular weight excluding hydrogens is 197 g/mol. The minimum absolute atomic E-state index is 0.361. The molecule has 0 unspecified atom stereocenters. The van der Waals surface area contributed by atoms with Crippen molar-refractivity contribution >= 4 is 5.91 Å². The van der Waals surface area contributed by atoms with Crippen LogP contribution in [-0.2, 0) is 4.79 Å². The van der Waals surface area contributed by atoms with Crippen LogP contribution in [0, 0.1) is 5.92 Å². The number of halogens is 1. The molecule has 1 aliphatic rings. The number of hydrogen-bond donors (Lipinski definition) is 1. The van der Waals surface area contributed by atoms with Crippen molar-refractivity contribution in [1.29, 1.82) is 0 Å². The van der Waals surface area contributed by atoms with E-state index in [0.29, 0.717) is 18.4 Å². The normalized spacial score (nSPS) is 23.5. The molecule has 80 valence electrons. The third kappa shape index (κ3) is 2.26. The lowest BCUT2D eigenvalue weighted by Crippen LogP contribution is -2.25. The molecule has 2 atom stereocenters. The van der Waals surface area contributed by atoms with Crippen LogP contribution < -0.4 is 5.32 Å². The van der Waals surface area contributed by atoms with Crippen LogP contribution in [0.5, 0.6) is 0 Å². The van der Waals surface area contributed by atoms with E-state index in [-0.39, 0.29) is 0 Å². The second kappa shape index (κ2) is 3.88. The summed E-state index contributed by atoms with van der Waals surface area (Å²) in [6, 6.07) is 3.76. The first-order chi connectivity index (χ1) is 7.18. The van der Waals surface area contributed by atoms with Crippen LogP contribution in [0.3, 0.4) is 0 Å². The Labute approximate surface area is 87.0 Å². The van der Waals surface area contributed by atoms with Gasteiger partial charge in [0, 0.05) is 12.5 Å². The van der Waals surface area contributed by atoms with Gasteiger partial charge in [0.25, 0.3) is 5.91 Å². The third-order valence-electron chi connectivity index (χ3n) is 2.60. The molecular formula is C11H12FNO2. The van der Waals surface area contributed by atoms with Crippen LogP contribution in [0.2, 0.25) is 0 Å². The van der Waals surface area contributed by atoms with Gasteiger partial charge >= 0.3 is 0 Å². The second-order valence-corrected chi connectivity index (χ2v) is 3.73. The molecule has 0 spiro atoms. The van der Waals surface area contributed by atoms with Crippen molar-refractivity contribution in [2.75, 3.05) is 6.54 Å². The predicted octanol–water partition coefficient (Wildman–Crippen LogP) is 1.98. The van der Waals surface area contributed by atoms with Gasteiger partial charge in [0.15, 0.2) is 5.83 Å². The SMILES string of the molecule is C=C(F)C(=O)NC[C@@H]1C[C@H]1c1ccco1. The standard InChI is InChI=1S/C11H12FNO2/c1-7(12)11(14)13-6-8-5-9(8)10-3-2-4-15-10/h2-4,8-9H,1,5-6H2,(H,13,14)/t8-,9+/m0/s1. The summed E-state index contributed by atoms with van der Waals surface area (Å²) in [5.41, 5.74) is 0. The highest BCUT2D eigenvalue weighted by molar-refractivity contribution is 5.90. The zero-order valence-electron chi connectivity index (χ0n) is 8.20. The van der Waals surface area contributed by atoms with Crippen molar-refractivity contribution in [3.05, 3.63) is 36.6 Å². The fourth-order valence-corrected chi connectivity index (χ4v) is 1.64. The molecule has 1 heterocycles. The van der Waals surface area contributed by atoms with E-state index >= 15 is 0 Å². The lowest BCUT2D eigenvalue weighted by atomic mass is 10.2. The predicted molar refractivity (Wildman–Crippen MR) is 52.8 cm³/mol. The molecule has 1 aliphatic carbocycles. The zero-order chi connectivity index (χ0) is 10.8. The molecule has 0 bridgehead atoms. The first-order valence-electron chi connectivity index (χ1n) is 4.84. The van der Waals surface area contributed by atoms with Crippen molar-refractivity contribution in [2.45, 2.75) is 12.3 Å². The van der Waals surface area contributed by atoms with Gasteiger partial charge < -0.3 is 9.73 Å². The highest BCUT2D eigenvalue weighted by Crippen LogP contribution is 2.46. The summed E-state index contributed by atoms with van der Waals surface area (Å²) >= 11 is 0. The van der Waals surface area contributed by atoms with Crippen molar-refractivity contribution in [3.8, 4) is 0 Å². The number of hydrogen-bond acceptors (Lipinski definition) is 2. The number of nitrogens with one attached hydrogen (secondary N) is 1. The number of carbonyl (C=O) groups is 1. The minimum Gasteiger partial charge on any atom is -0.469 e. The maximum absolute atomic E-state index is 12.3. The summed E-state index contributed by atoms with van der Waals surface area (Å²) in [6.07, 6.45) is 2.61. The fraction of sp³-hybridized carbons (Fsp3) is 0.364. The highest BCUT2D eigenvalue weighted by atomic mass is 19.1. The quantitative estimate of drug-likeness (QED) is 0.770. The van der Waals surface area contributed by atoms with E-state index in [1.54, 1.807) is 6.26 Å². The van der Waals surface area contributed by atoms with E-state index in [1.807, 2.05) is 12.1 Å². The summed E-state index contributed by atoms with van der Waals surface area (Å²) in [5, 5.41) is 2.48. The Bertz CT molecular complexity index is 372. The average molecular weight is 209 g/mol. The fourth-order valence-electron chi connectivity index (χ4n) is 1.64. The van der Waals surface area contributed by atoms with Crippen LogP contribution in [0.1, 0.15) is 18.1 Å². The Morgan fingerprint density at radius 1 is 1.73 bits per heavy atom. The maximum atomic E-state index is 12.3. The molecule has 1 fully saturated rings. The molecule has 4 heteroatoms. The van der Waals surface area contributed by atoms with Crippen LogP contribution in [-0.4, -0.2) is 12.5 Å². The van der Waals surface area contributed by atoms with Crippen LogP contribution in [0.4, 0.5) is 4.39 Å². The molecule has 1 N–H and O–H groups in total. The summed E-state index contributed by atoms with van der Waals surface area (Å²) < 4.78 is 17.5. The largest absolute Gasteiger partial charge is 0.469 e. The van der Waals surface area contributed by atoms with Crippen molar-refractivity contribution in [3.63, 3.8) is 0 Å². The summed E-state index contributed by atoms with van der Waals surface area (Å²) in [5.74, 6) is 0.00578. The van der Waals surface area contributed by atoms with Crippen molar-refractivity contribution in [1.82, 2.24) is 5.32 Å². The Morgan fingerprint density at radius 2 is 2.53 bits per heavy atom. The van der Waals surface area contributed by atoms with Crippen molar-refractivity contribution in [2.24, 2.45) is 5.92 Å². The van der Waals surface area contributed by atoms with E-state index in [1.165, 1.54) is 0 Å². The van der Waals surface area contributed by atoms with Crippen LogP contribution >= 0.6 is 0 Å². The maximum Gasteiger partial charge on any atom is 0.279 e. The van der Waals surface area contributed by atoms with E-state index < -0.39 is 11.7 Å². The zero-order valence-corrected chi connectivity index (χ0v) is 8.20. The molecule has 1 amide bonds. The Balaban J connectivity index is 1.76. The Hall–Kier alpha value is -1.58. The summed E-state index contributed by atoms with van der Waals surface area (Å²) in [4.78, 5) is 10.9. The van der Waals surface area contributed by atoms with Gasteiger partial charge in [-0.05, 0) is 24.5 Å². The van der Waals surface area contributed by atoms with Crippen LogP contribution in [0.25, 0.3) is 0 Å². The molecule has 2 rings (SSSR count). The monoisotopic (exact) mass is 209 g/mol. The van der Waals surface area contributed by atoms with Gasteiger partial charge in [-0.25, -0.2) is 4.39 Å². The molecule has 0 radical (unpaired) electrons. The first-order valence-corrected chi connectivity index (χ1v) is 4.84. The molecule has 0 aliphatic heterocycles. The molecule has 1 aromatic rings. The number of furan rings is 1. The Morgan fingerprint density at radius 3 is 3.13 bits per heavy atom. The van der Waals surface area contributed by atoms with Gasteiger partial charge in [-0.1, -0.05) is 6.58 Å². The number of amides is 1. The molecule has 1 saturated carbocycles. The minimum atomic E-state index is -0.940. The van der Waals surface area contributed by atoms with Gasteiger partial charge in [-0.15, -0.1) is 0 Å². The topological polar surface area (TPSA) is 42.2 Å². The van der Waals surface area contributed by atoms with Gasteiger partial charge in [-0.3, -0.25) is 4.79 Å². The van der Waals surface area contributed by atoms with Gasteiger partial charge in [0.05, 0.1) is 6.26 Å². The molecule has 0 aromatic carbocycles.